The molecule has 11 heteroatoms. The van der Waals surface area contributed by atoms with Crippen LogP contribution in [0.3, 0.4) is 0 Å². The van der Waals surface area contributed by atoms with E-state index in [2.05, 4.69) is 4.90 Å². The molecular formula is C37H37FN6O4. The van der Waals surface area contributed by atoms with Gasteiger partial charge in [-0.15, -0.1) is 0 Å². The SMILES string of the molecule is COc1ccc(-c2c(-c3ccc(C#N)c(F)c3)nc(N3CCC(N(C(=O)O)C(C)(C)C)CC3)n3ccnc23)cc1OCc1ccccc1. The van der Waals surface area contributed by atoms with E-state index in [1.807, 2.05) is 86.0 Å². The Balaban J connectivity index is 1.45. The number of piperidine rings is 1. The van der Waals surface area contributed by atoms with E-state index in [4.69, 9.17) is 19.4 Å². The van der Waals surface area contributed by atoms with Gasteiger partial charge in [0.2, 0.25) is 5.95 Å². The Morgan fingerprint density at radius 2 is 1.79 bits per heavy atom. The third-order valence-corrected chi connectivity index (χ3v) is 8.62. The van der Waals surface area contributed by atoms with Gasteiger partial charge in [-0.3, -0.25) is 4.40 Å². The van der Waals surface area contributed by atoms with Crippen LogP contribution in [0.25, 0.3) is 28.0 Å². The average molecular weight is 649 g/mol. The molecule has 48 heavy (non-hydrogen) atoms. The number of anilines is 1. The van der Waals surface area contributed by atoms with Crippen molar-refractivity contribution in [3.05, 3.63) is 96.1 Å². The van der Waals surface area contributed by atoms with Crippen LogP contribution < -0.4 is 14.4 Å². The number of amides is 1. The first-order chi connectivity index (χ1) is 23.1. The molecule has 1 saturated heterocycles. The molecule has 3 aromatic carbocycles. The first kappa shape index (κ1) is 32.3. The number of nitrogens with zero attached hydrogens (tertiary/aromatic N) is 6. The lowest BCUT2D eigenvalue weighted by atomic mass is 9.97. The monoisotopic (exact) mass is 648 g/mol. The third kappa shape index (κ3) is 6.34. The molecule has 0 radical (unpaired) electrons. The molecule has 0 unspecified atom stereocenters. The van der Waals surface area contributed by atoms with Crippen molar-refractivity contribution >= 4 is 17.7 Å². The van der Waals surface area contributed by atoms with Crippen molar-refractivity contribution in [3.63, 3.8) is 0 Å². The van der Waals surface area contributed by atoms with Crippen molar-refractivity contribution < 1.29 is 23.8 Å². The number of halogens is 1. The van der Waals surface area contributed by atoms with E-state index in [0.717, 1.165) is 11.1 Å². The van der Waals surface area contributed by atoms with Crippen molar-refractivity contribution in [1.29, 1.82) is 5.26 Å². The van der Waals surface area contributed by atoms with Gasteiger partial charge in [-0.2, -0.15) is 5.26 Å². The van der Waals surface area contributed by atoms with Gasteiger partial charge >= 0.3 is 6.09 Å². The number of methoxy groups -OCH3 is 1. The minimum atomic E-state index is -0.933. The van der Waals surface area contributed by atoms with E-state index in [1.54, 1.807) is 24.3 Å². The molecule has 0 saturated carbocycles. The number of hydrogen-bond acceptors (Lipinski definition) is 7. The van der Waals surface area contributed by atoms with Crippen LogP contribution in [0.2, 0.25) is 0 Å². The Morgan fingerprint density at radius 1 is 1.06 bits per heavy atom. The maximum absolute atomic E-state index is 15.1. The van der Waals surface area contributed by atoms with Crippen molar-refractivity contribution in [1.82, 2.24) is 19.3 Å². The third-order valence-electron chi connectivity index (χ3n) is 8.62. The number of carboxylic acid groups (broad SMARTS) is 1. The summed E-state index contributed by atoms with van der Waals surface area (Å²) in [4.78, 5) is 25.7. The zero-order valence-corrected chi connectivity index (χ0v) is 27.4. The number of aromatic nitrogens is 3. The molecule has 2 aromatic heterocycles. The topological polar surface area (TPSA) is 116 Å². The molecule has 0 aliphatic carbocycles. The zero-order valence-electron chi connectivity index (χ0n) is 27.4. The quantitative estimate of drug-likeness (QED) is 0.185. The van der Waals surface area contributed by atoms with Crippen molar-refractivity contribution in [2.45, 2.75) is 51.8 Å². The summed E-state index contributed by atoms with van der Waals surface area (Å²) in [5.74, 6) is 1.04. The van der Waals surface area contributed by atoms with Crippen LogP contribution in [-0.2, 0) is 6.61 Å². The fraction of sp³-hybridized carbons (Fsp3) is 0.297. The molecule has 10 nitrogen and oxygen atoms in total. The average Bonchev–Trinajstić information content (AvgIpc) is 3.56. The maximum Gasteiger partial charge on any atom is 0.407 e. The van der Waals surface area contributed by atoms with Crippen LogP contribution in [0, 0.1) is 17.1 Å². The van der Waals surface area contributed by atoms with E-state index in [9.17, 15) is 15.2 Å². The van der Waals surface area contributed by atoms with Crippen LogP contribution in [0.1, 0.15) is 44.7 Å². The van der Waals surface area contributed by atoms with Gasteiger partial charge in [-0.05, 0) is 69.0 Å². The Hall–Kier alpha value is -5.63. The summed E-state index contributed by atoms with van der Waals surface area (Å²) in [6.45, 7) is 7.17. The number of hydrogen-bond donors (Lipinski definition) is 1. The first-order valence-corrected chi connectivity index (χ1v) is 15.8. The van der Waals surface area contributed by atoms with Gasteiger partial charge in [0, 0.05) is 42.6 Å². The molecule has 246 valence electrons. The minimum absolute atomic E-state index is 0.0626. The van der Waals surface area contributed by atoms with E-state index in [-0.39, 0.29) is 11.6 Å². The predicted octanol–water partition coefficient (Wildman–Crippen LogP) is 7.41. The van der Waals surface area contributed by atoms with E-state index in [1.165, 1.54) is 12.1 Å². The second-order valence-electron chi connectivity index (χ2n) is 12.7. The molecule has 6 rings (SSSR count). The molecule has 1 N–H and O–H groups in total. The Bertz CT molecular complexity index is 1990. The summed E-state index contributed by atoms with van der Waals surface area (Å²) in [6, 6.07) is 21.6. The number of imidazole rings is 1. The smallest absolute Gasteiger partial charge is 0.407 e. The number of nitriles is 1. The lowest BCUT2D eigenvalue weighted by molar-refractivity contribution is 0.0615. The predicted molar refractivity (Wildman–Crippen MR) is 181 cm³/mol. The molecule has 1 fully saturated rings. The van der Waals surface area contributed by atoms with Crippen LogP contribution in [0.5, 0.6) is 11.5 Å². The largest absolute Gasteiger partial charge is 0.493 e. The highest BCUT2D eigenvalue weighted by atomic mass is 19.1. The van der Waals surface area contributed by atoms with Gasteiger partial charge in [-0.1, -0.05) is 42.5 Å². The van der Waals surface area contributed by atoms with Gasteiger partial charge in [0.05, 0.1) is 23.9 Å². The van der Waals surface area contributed by atoms with Crippen molar-refractivity contribution in [2.24, 2.45) is 0 Å². The lowest BCUT2D eigenvalue weighted by Crippen LogP contribution is -2.54. The molecule has 1 aliphatic heterocycles. The molecule has 1 amide bonds. The normalized spacial score (nSPS) is 13.7. The number of fused-ring (bicyclic) bond motifs is 1. The number of benzene rings is 3. The van der Waals surface area contributed by atoms with Gasteiger partial charge < -0.3 is 24.4 Å². The lowest BCUT2D eigenvalue weighted by Gasteiger charge is -2.43. The summed E-state index contributed by atoms with van der Waals surface area (Å²) >= 11 is 0. The standard InChI is InChI=1S/C37H37FN6O4/c1-37(2,3)44(36(45)46)28-14-17-42(18-15-28)35-41-33(26-10-11-27(22-39)29(38)20-26)32(34-40-16-19-43(34)35)25-12-13-30(47-4)31(21-25)48-23-24-8-6-5-7-9-24/h5-13,16,19-21,28H,14-15,17-18,23H2,1-4H3,(H,45,46). The fourth-order valence-electron chi connectivity index (χ4n) is 6.41. The van der Waals surface area contributed by atoms with Crippen molar-refractivity contribution in [2.75, 3.05) is 25.1 Å². The Morgan fingerprint density at radius 3 is 2.44 bits per heavy atom. The van der Waals surface area contributed by atoms with Gasteiger partial charge in [0.1, 0.15) is 24.1 Å². The van der Waals surface area contributed by atoms with E-state index in [0.29, 0.717) is 72.5 Å². The molecule has 1 aliphatic rings. The maximum atomic E-state index is 15.1. The molecule has 3 heterocycles. The zero-order chi connectivity index (χ0) is 34.0. The van der Waals surface area contributed by atoms with Gasteiger partial charge in [-0.25, -0.2) is 19.2 Å². The highest BCUT2D eigenvalue weighted by molar-refractivity contribution is 5.91. The second kappa shape index (κ2) is 13.2. The van der Waals surface area contributed by atoms with Crippen LogP contribution in [0.15, 0.2) is 79.1 Å². The fourth-order valence-corrected chi connectivity index (χ4v) is 6.41. The first-order valence-electron chi connectivity index (χ1n) is 15.8. The van der Waals surface area contributed by atoms with Gasteiger partial charge in [0.25, 0.3) is 0 Å². The van der Waals surface area contributed by atoms with Crippen LogP contribution in [0.4, 0.5) is 15.1 Å². The van der Waals surface area contributed by atoms with Crippen molar-refractivity contribution in [3.8, 4) is 40.0 Å². The van der Waals surface area contributed by atoms with E-state index >= 15 is 4.39 Å². The van der Waals surface area contributed by atoms with Crippen LogP contribution >= 0.6 is 0 Å². The molecular weight excluding hydrogens is 611 g/mol. The van der Waals surface area contributed by atoms with Crippen LogP contribution in [-0.4, -0.2) is 62.2 Å². The number of rotatable bonds is 8. The molecule has 0 bridgehead atoms. The molecule has 0 spiro atoms. The minimum Gasteiger partial charge on any atom is -0.493 e. The summed E-state index contributed by atoms with van der Waals surface area (Å²) < 4.78 is 28.9. The summed E-state index contributed by atoms with van der Waals surface area (Å²) in [5, 5.41) is 19.4. The number of ether oxygens (including phenoxy) is 2. The second-order valence-corrected chi connectivity index (χ2v) is 12.7. The Labute approximate surface area is 278 Å². The Kier molecular flexibility index (Phi) is 8.91. The number of carbonyl (C=O) groups is 1. The highest BCUT2D eigenvalue weighted by Crippen LogP contribution is 2.41. The summed E-state index contributed by atoms with van der Waals surface area (Å²) in [7, 11) is 1.58. The molecule has 5 aromatic rings. The summed E-state index contributed by atoms with van der Waals surface area (Å²) in [5.41, 5.74) is 3.35. The summed E-state index contributed by atoms with van der Waals surface area (Å²) in [6.07, 6.45) is 3.83. The van der Waals surface area contributed by atoms with Gasteiger partial charge in [0.15, 0.2) is 11.5 Å². The molecule has 0 atom stereocenters. The highest BCUT2D eigenvalue weighted by Gasteiger charge is 2.36. The van der Waals surface area contributed by atoms with E-state index < -0.39 is 17.4 Å².